The van der Waals surface area contributed by atoms with Crippen molar-refractivity contribution in [3.8, 4) is 0 Å². The highest BCUT2D eigenvalue weighted by atomic mass is 16.5. The third-order valence-corrected chi connectivity index (χ3v) is 3.75. The summed E-state index contributed by atoms with van der Waals surface area (Å²) < 4.78 is 4.73. The van der Waals surface area contributed by atoms with Gasteiger partial charge in [-0.15, -0.1) is 0 Å². The lowest BCUT2D eigenvalue weighted by molar-refractivity contribution is -0.148. The fraction of sp³-hybridized carbons (Fsp3) is 0.474. The number of benzene rings is 1. The Morgan fingerprint density at radius 3 is 2.31 bits per heavy atom. The Balaban J connectivity index is 2.33. The Bertz CT molecular complexity index is 625. The van der Waals surface area contributed by atoms with Crippen LogP contribution in [0, 0.1) is 0 Å². The number of amides is 3. The summed E-state index contributed by atoms with van der Waals surface area (Å²) in [4.78, 5) is 45.9. The van der Waals surface area contributed by atoms with Gasteiger partial charge in [-0.25, -0.2) is 4.79 Å². The molecule has 0 aromatic heterocycles. The number of hydrogen-bond acceptors (Lipinski definition) is 5. The van der Waals surface area contributed by atoms with Crippen LogP contribution < -0.4 is 10.6 Å². The van der Waals surface area contributed by atoms with E-state index in [4.69, 9.17) is 4.74 Å². The number of aryl methyl sites for hydroxylation is 1. The van der Waals surface area contributed by atoms with Crippen molar-refractivity contribution in [3.05, 3.63) is 35.4 Å². The van der Waals surface area contributed by atoms with E-state index in [9.17, 15) is 19.2 Å². The van der Waals surface area contributed by atoms with Crippen molar-refractivity contribution in [1.82, 2.24) is 10.6 Å². The molecule has 142 valence electrons. The number of carbonyl (C=O) groups excluding carboxylic acids is 4. The maximum atomic E-state index is 12.1. The zero-order chi connectivity index (χ0) is 19.4. The molecule has 0 bridgehead atoms. The molecule has 0 aliphatic rings. The number of rotatable bonds is 10. The van der Waals surface area contributed by atoms with E-state index in [2.05, 4.69) is 12.2 Å². The minimum atomic E-state index is -0.734. The van der Waals surface area contributed by atoms with E-state index >= 15 is 0 Å². The molecule has 3 amide bonds. The molecule has 0 saturated carbocycles. The summed E-state index contributed by atoms with van der Waals surface area (Å²) in [5.74, 6) is -1.55. The first-order valence-electron chi connectivity index (χ1n) is 8.75. The molecule has 0 saturated heterocycles. The third kappa shape index (κ3) is 8.41. The Morgan fingerprint density at radius 2 is 1.69 bits per heavy atom. The van der Waals surface area contributed by atoms with Gasteiger partial charge in [0.1, 0.15) is 0 Å². The number of hydrogen-bond donors (Lipinski definition) is 2. The molecule has 0 fully saturated rings. The number of imide groups is 1. The van der Waals surface area contributed by atoms with E-state index in [0.717, 1.165) is 12.8 Å². The number of esters is 1. The molecule has 1 aromatic rings. The SMILES string of the molecule is CCCCCc1ccc(C(=O)CCC(=O)OCC(=O)NC(=O)NC)cc1. The summed E-state index contributed by atoms with van der Waals surface area (Å²) in [7, 11) is 1.36. The second-order valence-corrected chi connectivity index (χ2v) is 5.87. The van der Waals surface area contributed by atoms with E-state index in [-0.39, 0.29) is 18.6 Å². The van der Waals surface area contributed by atoms with Crippen LogP contribution in [0.25, 0.3) is 0 Å². The van der Waals surface area contributed by atoms with E-state index < -0.39 is 24.5 Å². The van der Waals surface area contributed by atoms with Crippen LogP contribution in [0.3, 0.4) is 0 Å². The van der Waals surface area contributed by atoms with E-state index in [0.29, 0.717) is 5.56 Å². The smallest absolute Gasteiger partial charge is 0.321 e. The zero-order valence-corrected chi connectivity index (χ0v) is 15.3. The lowest BCUT2D eigenvalue weighted by Gasteiger charge is -2.06. The van der Waals surface area contributed by atoms with Gasteiger partial charge in [-0.1, -0.05) is 44.0 Å². The van der Waals surface area contributed by atoms with Gasteiger partial charge in [-0.3, -0.25) is 19.7 Å². The molecule has 0 heterocycles. The van der Waals surface area contributed by atoms with Crippen LogP contribution in [0.5, 0.6) is 0 Å². The molecule has 0 spiro atoms. The summed E-state index contributed by atoms with van der Waals surface area (Å²) in [6.07, 6.45) is 4.36. The first-order valence-corrected chi connectivity index (χ1v) is 8.75. The van der Waals surface area contributed by atoms with Gasteiger partial charge < -0.3 is 10.1 Å². The van der Waals surface area contributed by atoms with Gasteiger partial charge in [0.15, 0.2) is 12.4 Å². The fourth-order valence-corrected chi connectivity index (χ4v) is 2.24. The Labute approximate surface area is 153 Å². The maximum absolute atomic E-state index is 12.1. The summed E-state index contributed by atoms with van der Waals surface area (Å²) in [5, 5.41) is 4.17. The first kappa shape index (κ1) is 21.3. The van der Waals surface area contributed by atoms with Crippen LogP contribution in [-0.4, -0.2) is 37.3 Å². The van der Waals surface area contributed by atoms with Crippen molar-refractivity contribution in [2.45, 2.75) is 45.4 Å². The molecular weight excluding hydrogens is 336 g/mol. The molecule has 7 nitrogen and oxygen atoms in total. The lowest BCUT2D eigenvalue weighted by Crippen LogP contribution is -2.39. The predicted octanol–water partition coefficient (Wildman–Crippen LogP) is 2.38. The number of unbranched alkanes of at least 4 members (excludes halogenated alkanes) is 2. The molecular formula is C19H26N2O5. The highest BCUT2D eigenvalue weighted by Gasteiger charge is 2.13. The van der Waals surface area contributed by atoms with Gasteiger partial charge in [-0.05, 0) is 18.4 Å². The molecule has 7 heteroatoms. The van der Waals surface area contributed by atoms with Crippen molar-refractivity contribution >= 4 is 23.7 Å². The number of ketones is 1. The molecule has 0 radical (unpaired) electrons. The van der Waals surface area contributed by atoms with Gasteiger partial charge in [0.05, 0.1) is 6.42 Å². The van der Waals surface area contributed by atoms with E-state index in [1.807, 2.05) is 17.4 Å². The van der Waals surface area contributed by atoms with Crippen molar-refractivity contribution in [1.29, 1.82) is 0 Å². The Kier molecular flexibility index (Phi) is 9.67. The molecule has 1 aromatic carbocycles. The third-order valence-electron chi connectivity index (χ3n) is 3.75. The van der Waals surface area contributed by atoms with Gasteiger partial charge >= 0.3 is 12.0 Å². The molecule has 26 heavy (non-hydrogen) atoms. The van der Waals surface area contributed by atoms with Gasteiger partial charge in [-0.2, -0.15) is 0 Å². The molecule has 1 rings (SSSR count). The quantitative estimate of drug-likeness (QED) is 0.378. The highest BCUT2D eigenvalue weighted by Crippen LogP contribution is 2.11. The summed E-state index contributed by atoms with van der Waals surface area (Å²) in [6.45, 7) is 1.59. The maximum Gasteiger partial charge on any atom is 0.321 e. The number of Topliss-reactive ketones (excluding diaryl/α,β-unsaturated/α-hetero) is 1. The Morgan fingerprint density at radius 1 is 1.00 bits per heavy atom. The van der Waals surface area contributed by atoms with Gasteiger partial charge in [0, 0.05) is 19.0 Å². The number of ether oxygens (including phenoxy) is 1. The van der Waals surface area contributed by atoms with Crippen LogP contribution in [0.15, 0.2) is 24.3 Å². The van der Waals surface area contributed by atoms with E-state index in [1.165, 1.54) is 25.5 Å². The van der Waals surface area contributed by atoms with Crippen molar-refractivity contribution in [2.24, 2.45) is 0 Å². The van der Waals surface area contributed by atoms with Gasteiger partial charge in [0.2, 0.25) is 0 Å². The monoisotopic (exact) mass is 362 g/mol. The van der Waals surface area contributed by atoms with E-state index in [1.54, 1.807) is 12.1 Å². The highest BCUT2D eigenvalue weighted by molar-refractivity contribution is 5.98. The average Bonchev–Trinajstić information content (AvgIpc) is 2.65. The van der Waals surface area contributed by atoms with Crippen LogP contribution >= 0.6 is 0 Å². The number of nitrogens with one attached hydrogen (secondary N) is 2. The second-order valence-electron chi connectivity index (χ2n) is 5.87. The Hall–Kier alpha value is -2.70. The van der Waals surface area contributed by atoms with Crippen molar-refractivity contribution in [2.75, 3.05) is 13.7 Å². The molecule has 2 N–H and O–H groups in total. The number of carbonyl (C=O) groups is 4. The number of urea groups is 1. The van der Waals surface area contributed by atoms with Crippen LogP contribution in [0.2, 0.25) is 0 Å². The fourth-order valence-electron chi connectivity index (χ4n) is 2.24. The molecule has 0 unspecified atom stereocenters. The molecule has 0 atom stereocenters. The molecule has 0 aliphatic carbocycles. The minimum Gasteiger partial charge on any atom is -0.456 e. The standard InChI is InChI=1S/C19H26N2O5/c1-3-4-5-6-14-7-9-15(10-8-14)16(22)11-12-18(24)26-13-17(23)21-19(25)20-2/h7-10H,3-6,11-13H2,1-2H3,(H2,20,21,23,25). The van der Waals surface area contributed by atoms with Crippen molar-refractivity contribution < 1.29 is 23.9 Å². The lowest BCUT2D eigenvalue weighted by atomic mass is 10.0. The van der Waals surface area contributed by atoms with Crippen LogP contribution in [0.4, 0.5) is 4.79 Å². The van der Waals surface area contributed by atoms with Crippen LogP contribution in [0.1, 0.15) is 54.9 Å². The second kappa shape index (κ2) is 11.8. The average molecular weight is 362 g/mol. The summed E-state index contributed by atoms with van der Waals surface area (Å²) in [5.41, 5.74) is 1.74. The minimum absolute atomic E-state index is 0.00504. The largest absolute Gasteiger partial charge is 0.456 e. The normalized spacial score (nSPS) is 10.1. The zero-order valence-electron chi connectivity index (χ0n) is 15.3. The van der Waals surface area contributed by atoms with Gasteiger partial charge in [0.25, 0.3) is 5.91 Å². The first-order chi connectivity index (χ1) is 12.5. The molecule has 0 aliphatic heterocycles. The summed E-state index contributed by atoms with van der Waals surface area (Å²) >= 11 is 0. The van der Waals surface area contributed by atoms with Crippen molar-refractivity contribution in [3.63, 3.8) is 0 Å². The topological polar surface area (TPSA) is 102 Å². The summed E-state index contributed by atoms with van der Waals surface area (Å²) in [6, 6.07) is 6.73. The van der Waals surface area contributed by atoms with Crippen LogP contribution in [-0.2, 0) is 20.7 Å². The predicted molar refractivity (Wildman–Crippen MR) is 96.8 cm³/mol.